The summed E-state index contributed by atoms with van der Waals surface area (Å²) in [4.78, 5) is 1.72. The van der Waals surface area contributed by atoms with E-state index in [1.807, 2.05) is 0 Å². The molecule has 0 saturated heterocycles. The fourth-order valence-corrected chi connectivity index (χ4v) is 1.79. The van der Waals surface area contributed by atoms with Crippen LogP contribution in [-0.4, -0.2) is 44.0 Å². The zero-order valence-electron chi connectivity index (χ0n) is 8.97. The molecule has 0 aromatic heterocycles. The Kier molecular flexibility index (Phi) is 4.75. The van der Waals surface area contributed by atoms with Gasteiger partial charge in [-0.1, -0.05) is 6.92 Å². The molecule has 0 aromatic carbocycles. The van der Waals surface area contributed by atoms with Crippen molar-refractivity contribution < 1.29 is 8.78 Å². The minimum atomic E-state index is -2.22. The quantitative estimate of drug-likeness (QED) is 0.680. The summed E-state index contributed by atoms with van der Waals surface area (Å²) in [6, 6.07) is 0.406. The van der Waals surface area contributed by atoms with E-state index in [1.165, 1.54) is 12.8 Å². The molecule has 0 aromatic rings. The van der Waals surface area contributed by atoms with Gasteiger partial charge in [-0.25, -0.2) is 8.78 Å². The SMILES string of the molecule is CCNC(CN(C)CC(F)F)C1CC1. The molecule has 14 heavy (non-hydrogen) atoms. The molecule has 0 aliphatic heterocycles. The zero-order valence-corrected chi connectivity index (χ0v) is 8.97. The predicted octanol–water partition coefficient (Wildman–Crippen LogP) is 1.57. The van der Waals surface area contributed by atoms with Crippen LogP contribution in [-0.2, 0) is 0 Å². The van der Waals surface area contributed by atoms with Crippen molar-refractivity contribution in [1.29, 1.82) is 0 Å². The smallest absolute Gasteiger partial charge is 0.251 e. The van der Waals surface area contributed by atoms with E-state index in [0.29, 0.717) is 6.04 Å². The van der Waals surface area contributed by atoms with E-state index in [9.17, 15) is 8.78 Å². The third kappa shape index (κ3) is 4.33. The average Bonchev–Trinajstić information content (AvgIpc) is 2.83. The first-order valence-corrected chi connectivity index (χ1v) is 5.33. The lowest BCUT2D eigenvalue weighted by Crippen LogP contribution is -2.42. The maximum atomic E-state index is 12.1. The zero-order chi connectivity index (χ0) is 10.6. The molecule has 1 aliphatic carbocycles. The normalized spacial score (nSPS) is 19.3. The van der Waals surface area contributed by atoms with Crippen LogP contribution in [0.5, 0.6) is 0 Å². The van der Waals surface area contributed by atoms with E-state index in [1.54, 1.807) is 11.9 Å². The number of rotatable bonds is 7. The molecule has 4 heteroatoms. The summed E-state index contributed by atoms with van der Waals surface area (Å²) in [5, 5.41) is 3.36. The maximum Gasteiger partial charge on any atom is 0.251 e. The molecule has 0 bridgehead atoms. The Morgan fingerprint density at radius 2 is 2.00 bits per heavy atom. The molecule has 1 saturated carbocycles. The Hall–Kier alpha value is -0.220. The molecule has 1 atom stereocenters. The lowest BCUT2D eigenvalue weighted by molar-refractivity contribution is 0.0946. The van der Waals surface area contributed by atoms with Gasteiger partial charge in [0.15, 0.2) is 0 Å². The molecule has 1 rings (SSSR count). The van der Waals surface area contributed by atoms with Gasteiger partial charge in [0.2, 0.25) is 0 Å². The van der Waals surface area contributed by atoms with Crippen LogP contribution in [0.4, 0.5) is 8.78 Å². The second-order valence-electron chi connectivity index (χ2n) is 4.11. The van der Waals surface area contributed by atoms with Gasteiger partial charge >= 0.3 is 0 Å². The molecule has 84 valence electrons. The molecular formula is C10H20F2N2. The standard InChI is InChI=1S/C10H20F2N2/c1-3-13-9(8-4-5-8)6-14(2)7-10(11)12/h8-10,13H,3-7H2,1-2H3. The number of nitrogens with one attached hydrogen (secondary N) is 1. The Morgan fingerprint density at radius 1 is 1.36 bits per heavy atom. The summed E-state index contributed by atoms with van der Waals surface area (Å²) < 4.78 is 24.2. The molecule has 0 spiro atoms. The van der Waals surface area contributed by atoms with Crippen LogP contribution in [0.3, 0.4) is 0 Å². The van der Waals surface area contributed by atoms with Gasteiger partial charge in [0, 0.05) is 12.6 Å². The predicted molar refractivity (Wildman–Crippen MR) is 53.7 cm³/mol. The van der Waals surface area contributed by atoms with Crippen LogP contribution in [0, 0.1) is 5.92 Å². The Balaban J connectivity index is 2.23. The molecule has 1 fully saturated rings. The summed E-state index contributed by atoms with van der Waals surface area (Å²) in [7, 11) is 1.76. The van der Waals surface area contributed by atoms with Crippen molar-refractivity contribution in [3.8, 4) is 0 Å². The molecule has 0 radical (unpaired) electrons. The van der Waals surface area contributed by atoms with Gasteiger partial charge in [-0.2, -0.15) is 0 Å². The van der Waals surface area contributed by atoms with Crippen molar-refractivity contribution in [2.24, 2.45) is 5.92 Å². The molecule has 1 unspecified atom stereocenters. The van der Waals surface area contributed by atoms with E-state index in [2.05, 4.69) is 12.2 Å². The first-order valence-electron chi connectivity index (χ1n) is 5.33. The number of hydrogen-bond acceptors (Lipinski definition) is 2. The number of hydrogen-bond donors (Lipinski definition) is 1. The van der Waals surface area contributed by atoms with Crippen molar-refractivity contribution in [2.75, 3.05) is 26.7 Å². The summed E-state index contributed by atoms with van der Waals surface area (Å²) >= 11 is 0. The van der Waals surface area contributed by atoms with Gasteiger partial charge in [-0.15, -0.1) is 0 Å². The lowest BCUT2D eigenvalue weighted by atomic mass is 10.1. The number of likely N-dealkylation sites (N-methyl/N-ethyl adjacent to an activating group) is 2. The largest absolute Gasteiger partial charge is 0.313 e. The van der Waals surface area contributed by atoms with Gasteiger partial charge in [-0.05, 0) is 32.4 Å². The average molecular weight is 206 g/mol. The third-order valence-electron chi connectivity index (χ3n) is 2.62. The second-order valence-corrected chi connectivity index (χ2v) is 4.11. The van der Waals surface area contributed by atoms with Gasteiger partial charge in [0.25, 0.3) is 6.43 Å². The van der Waals surface area contributed by atoms with Crippen molar-refractivity contribution >= 4 is 0 Å². The van der Waals surface area contributed by atoms with Crippen LogP contribution in [0.1, 0.15) is 19.8 Å². The van der Waals surface area contributed by atoms with E-state index >= 15 is 0 Å². The molecule has 0 amide bonds. The molecule has 0 heterocycles. The topological polar surface area (TPSA) is 15.3 Å². The summed E-state index contributed by atoms with van der Waals surface area (Å²) in [6.45, 7) is 3.60. The second kappa shape index (κ2) is 5.61. The van der Waals surface area contributed by atoms with E-state index in [-0.39, 0.29) is 6.54 Å². The Morgan fingerprint density at radius 3 is 2.43 bits per heavy atom. The number of halogens is 2. The van der Waals surface area contributed by atoms with Gasteiger partial charge in [0.05, 0.1) is 6.54 Å². The summed E-state index contributed by atoms with van der Waals surface area (Å²) in [5.41, 5.74) is 0. The van der Waals surface area contributed by atoms with Crippen LogP contribution in [0.25, 0.3) is 0 Å². The van der Waals surface area contributed by atoms with Crippen molar-refractivity contribution in [3.05, 3.63) is 0 Å². The molecule has 2 nitrogen and oxygen atoms in total. The van der Waals surface area contributed by atoms with E-state index in [0.717, 1.165) is 19.0 Å². The minimum absolute atomic E-state index is 0.116. The monoisotopic (exact) mass is 206 g/mol. The number of nitrogens with zero attached hydrogens (tertiary/aromatic N) is 1. The lowest BCUT2D eigenvalue weighted by Gasteiger charge is -2.24. The Labute approximate surface area is 84.7 Å². The van der Waals surface area contributed by atoms with Gasteiger partial charge in [-0.3, -0.25) is 4.90 Å². The highest BCUT2D eigenvalue weighted by molar-refractivity contribution is 4.87. The van der Waals surface area contributed by atoms with E-state index < -0.39 is 6.43 Å². The van der Waals surface area contributed by atoms with Gasteiger partial charge in [0.1, 0.15) is 0 Å². The molecular weight excluding hydrogens is 186 g/mol. The fraction of sp³-hybridized carbons (Fsp3) is 1.00. The first kappa shape index (κ1) is 11.9. The van der Waals surface area contributed by atoms with Crippen LogP contribution < -0.4 is 5.32 Å². The highest BCUT2D eigenvalue weighted by Gasteiger charge is 2.31. The van der Waals surface area contributed by atoms with E-state index in [4.69, 9.17) is 0 Å². The van der Waals surface area contributed by atoms with Crippen molar-refractivity contribution in [2.45, 2.75) is 32.2 Å². The minimum Gasteiger partial charge on any atom is -0.313 e. The molecule has 1 N–H and O–H groups in total. The van der Waals surface area contributed by atoms with Crippen LogP contribution in [0.2, 0.25) is 0 Å². The maximum absolute atomic E-state index is 12.1. The molecule has 1 aliphatic rings. The fourth-order valence-electron chi connectivity index (χ4n) is 1.79. The summed E-state index contributed by atoms with van der Waals surface area (Å²) in [5.74, 6) is 0.718. The van der Waals surface area contributed by atoms with Crippen LogP contribution >= 0.6 is 0 Å². The van der Waals surface area contributed by atoms with Crippen molar-refractivity contribution in [3.63, 3.8) is 0 Å². The van der Waals surface area contributed by atoms with Crippen LogP contribution in [0.15, 0.2) is 0 Å². The number of alkyl halides is 2. The Bertz CT molecular complexity index is 160. The highest BCUT2D eigenvalue weighted by Crippen LogP contribution is 2.32. The third-order valence-corrected chi connectivity index (χ3v) is 2.62. The van der Waals surface area contributed by atoms with Crippen molar-refractivity contribution in [1.82, 2.24) is 10.2 Å². The highest BCUT2D eigenvalue weighted by atomic mass is 19.3. The summed E-state index contributed by atoms with van der Waals surface area (Å²) in [6.07, 6.45) is 0.280. The first-order chi connectivity index (χ1) is 6.63. The van der Waals surface area contributed by atoms with Gasteiger partial charge < -0.3 is 5.32 Å².